The molecule has 1 saturated heterocycles. The SMILES string of the molecule is O=C(NC1(C(=O)N2CC3CCC(C2)C3C(=O)O)CC1)OCC1c2ccccc2-c2ccccc21. The quantitative estimate of drug-likeness (QED) is 0.711. The molecule has 34 heavy (non-hydrogen) atoms. The van der Waals surface area contributed by atoms with E-state index >= 15 is 0 Å². The second kappa shape index (κ2) is 7.86. The first-order valence-electron chi connectivity index (χ1n) is 12.1. The van der Waals surface area contributed by atoms with Crippen LogP contribution in [0.3, 0.4) is 0 Å². The zero-order valence-corrected chi connectivity index (χ0v) is 18.9. The number of aliphatic carboxylic acids is 1. The van der Waals surface area contributed by atoms with Gasteiger partial charge in [0.1, 0.15) is 12.1 Å². The van der Waals surface area contributed by atoms with Crippen molar-refractivity contribution in [3.05, 3.63) is 59.7 Å². The van der Waals surface area contributed by atoms with Crippen molar-refractivity contribution in [1.82, 2.24) is 10.2 Å². The Morgan fingerprint density at radius 1 is 0.941 bits per heavy atom. The Morgan fingerprint density at radius 2 is 1.50 bits per heavy atom. The number of alkyl carbamates (subject to hydrolysis) is 1. The monoisotopic (exact) mass is 460 g/mol. The molecule has 2 unspecified atom stereocenters. The van der Waals surface area contributed by atoms with Crippen LogP contribution in [0.2, 0.25) is 0 Å². The Bertz CT molecular complexity index is 1110. The standard InChI is InChI=1S/C27H28N2O5/c30-24(31)23-16-9-10-17(23)14-29(13-16)25(32)27(11-12-27)28-26(33)34-15-22-20-7-3-1-5-18(20)19-6-2-4-8-21(19)22/h1-8,16-17,22-23H,9-15H2,(H,28,33)(H,30,31). The lowest BCUT2D eigenvalue weighted by atomic mass is 9.85. The molecule has 2 bridgehead atoms. The van der Waals surface area contributed by atoms with Crippen LogP contribution < -0.4 is 5.32 Å². The maximum Gasteiger partial charge on any atom is 0.408 e. The van der Waals surface area contributed by atoms with Crippen LogP contribution in [0, 0.1) is 17.8 Å². The lowest BCUT2D eigenvalue weighted by Crippen LogP contribution is -2.55. The molecule has 3 aliphatic carbocycles. The molecule has 2 saturated carbocycles. The summed E-state index contributed by atoms with van der Waals surface area (Å²) in [5.74, 6) is -1.22. The van der Waals surface area contributed by atoms with Crippen LogP contribution >= 0.6 is 0 Å². The summed E-state index contributed by atoms with van der Waals surface area (Å²) in [6.45, 7) is 1.12. The summed E-state index contributed by atoms with van der Waals surface area (Å²) >= 11 is 0. The molecular formula is C27H28N2O5. The molecule has 7 nitrogen and oxygen atoms in total. The predicted molar refractivity (Wildman–Crippen MR) is 124 cm³/mol. The number of benzene rings is 2. The van der Waals surface area contributed by atoms with Gasteiger partial charge in [-0.2, -0.15) is 0 Å². The maximum atomic E-state index is 13.3. The van der Waals surface area contributed by atoms with E-state index < -0.39 is 17.6 Å². The molecule has 6 rings (SSSR count). The van der Waals surface area contributed by atoms with E-state index in [0.717, 1.165) is 24.0 Å². The Morgan fingerprint density at radius 3 is 2.03 bits per heavy atom. The summed E-state index contributed by atoms with van der Waals surface area (Å²) in [7, 11) is 0. The number of likely N-dealkylation sites (tertiary alicyclic amines) is 1. The molecule has 1 heterocycles. The van der Waals surface area contributed by atoms with Crippen molar-refractivity contribution in [3.8, 4) is 11.1 Å². The number of piperidine rings is 1. The number of rotatable bonds is 5. The third-order valence-corrected chi connectivity index (χ3v) is 8.25. The van der Waals surface area contributed by atoms with Gasteiger partial charge in [0, 0.05) is 19.0 Å². The number of hydrogen-bond acceptors (Lipinski definition) is 4. The van der Waals surface area contributed by atoms with Crippen LogP contribution in [0.4, 0.5) is 4.79 Å². The number of carboxylic acid groups (broad SMARTS) is 1. The maximum absolute atomic E-state index is 13.3. The van der Waals surface area contributed by atoms with Crippen molar-refractivity contribution < 1.29 is 24.2 Å². The highest BCUT2D eigenvalue weighted by Crippen LogP contribution is 2.46. The van der Waals surface area contributed by atoms with Crippen molar-refractivity contribution in [3.63, 3.8) is 0 Å². The highest BCUT2D eigenvalue weighted by molar-refractivity contribution is 5.93. The molecule has 2 aromatic rings. The van der Waals surface area contributed by atoms with Crippen LogP contribution in [0.5, 0.6) is 0 Å². The number of carbonyl (C=O) groups is 3. The Balaban J connectivity index is 1.10. The summed E-state index contributed by atoms with van der Waals surface area (Å²) in [5, 5.41) is 12.4. The fourth-order valence-corrected chi connectivity index (χ4v) is 6.44. The second-order valence-electron chi connectivity index (χ2n) is 10.2. The van der Waals surface area contributed by atoms with Crippen LogP contribution in [0.25, 0.3) is 11.1 Å². The molecule has 2 N–H and O–H groups in total. The van der Waals surface area contributed by atoms with E-state index in [2.05, 4.69) is 29.6 Å². The van der Waals surface area contributed by atoms with Crippen molar-refractivity contribution >= 4 is 18.0 Å². The molecule has 2 amide bonds. The number of hydrogen-bond donors (Lipinski definition) is 2. The van der Waals surface area contributed by atoms with Gasteiger partial charge in [-0.3, -0.25) is 9.59 Å². The smallest absolute Gasteiger partial charge is 0.408 e. The van der Waals surface area contributed by atoms with Crippen LogP contribution in [0.1, 0.15) is 42.7 Å². The Hall–Kier alpha value is -3.35. The fourth-order valence-electron chi connectivity index (χ4n) is 6.44. The van der Waals surface area contributed by atoms with E-state index in [4.69, 9.17) is 4.74 Å². The Labute approximate surface area is 198 Å². The van der Waals surface area contributed by atoms with Gasteiger partial charge in [-0.15, -0.1) is 0 Å². The average molecular weight is 461 g/mol. The number of amides is 2. The second-order valence-corrected chi connectivity index (χ2v) is 10.2. The Kier molecular flexibility index (Phi) is 4.90. The number of carbonyl (C=O) groups excluding carboxylic acids is 2. The molecule has 2 atom stereocenters. The topological polar surface area (TPSA) is 95.9 Å². The third kappa shape index (κ3) is 3.37. The van der Waals surface area contributed by atoms with Crippen LogP contribution in [-0.2, 0) is 14.3 Å². The summed E-state index contributed by atoms with van der Waals surface area (Å²) < 4.78 is 5.66. The van der Waals surface area contributed by atoms with Crippen molar-refractivity contribution in [2.75, 3.05) is 19.7 Å². The zero-order chi connectivity index (χ0) is 23.4. The fraction of sp³-hybridized carbons (Fsp3) is 0.444. The first-order valence-corrected chi connectivity index (χ1v) is 12.1. The molecule has 1 aliphatic heterocycles. The number of ether oxygens (including phenoxy) is 1. The van der Waals surface area contributed by atoms with Crippen LogP contribution in [0.15, 0.2) is 48.5 Å². The van der Waals surface area contributed by atoms with Gasteiger partial charge in [-0.1, -0.05) is 48.5 Å². The van der Waals surface area contributed by atoms with Crippen LogP contribution in [-0.4, -0.2) is 53.2 Å². The number of nitrogens with zero attached hydrogens (tertiary/aromatic N) is 1. The predicted octanol–water partition coefficient (Wildman–Crippen LogP) is 3.63. The van der Waals surface area contributed by atoms with Crippen molar-refractivity contribution in [2.45, 2.75) is 37.1 Å². The lowest BCUT2D eigenvalue weighted by molar-refractivity contribution is -0.150. The molecule has 0 aromatic heterocycles. The minimum Gasteiger partial charge on any atom is -0.481 e. The van der Waals surface area contributed by atoms with Crippen molar-refractivity contribution in [2.24, 2.45) is 17.8 Å². The van der Waals surface area contributed by atoms with Gasteiger partial charge in [0.2, 0.25) is 5.91 Å². The summed E-state index contributed by atoms with van der Waals surface area (Å²) in [6.07, 6.45) is 2.29. The molecule has 3 fully saturated rings. The third-order valence-electron chi connectivity index (χ3n) is 8.25. The van der Waals surface area contributed by atoms with Gasteiger partial charge in [-0.25, -0.2) is 4.79 Å². The first kappa shape index (κ1) is 21.2. The van der Waals surface area contributed by atoms with E-state index in [1.54, 1.807) is 4.90 Å². The molecular weight excluding hydrogens is 432 g/mol. The summed E-state index contributed by atoms with van der Waals surface area (Å²) in [4.78, 5) is 39.5. The minimum absolute atomic E-state index is 0.00505. The number of fused-ring (bicyclic) bond motifs is 5. The first-order chi connectivity index (χ1) is 16.5. The van der Waals surface area contributed by atoms with E-state index in [9.17, 15) is 19.5 Å². The van der Waals surface area contributed by atoms with E-state index in [-0.39, 0.29) is 36.2 Å². The van der Waals surface area contributed by atoms with E-state index in [1.165, 1.54) is 11.1 Å². The van der Waals surface area contributed by atoms with Gasteiger partial charge < -0.3 is 20.1 Å². The van der Waals surface area contributed by atoms with Gasteiger partial charge in [-0.05, 0) is 59.8 Å². The normalized spacial score (nSPS) is 25.9. The molecule has 0 radical (unpaired) electrons. The van der Waals surface area contributed by atoms with Gasteiger partial charge >= 0.3 is 12.1 Å². The zero-order valence-electron chi connectivity index (χ0n) is 18.9. The summed E-state index contributed by atoms with van der Waals surface area (Å²) in [5.41, 5.74) is 3.72. The molecule has 0 spiro atoms. The van der Waals surface area contributed by atoms with E-state index in [1.807, 2.05) is 24.3 Å². The molecule has 7 heteroatoms. The molecule has 2 aromatic carbocycles. The van der Waals surface area contributed by atoms with Gasteiger partial charge in [0.25, 0.3) is 0 Å². The molecule has 4 aliphatic rings. The largest absolute Gasteiger partial charge is 0.481 e. The van der Waals surface area contributed by atoms with Crippen molar-refractivity contribution in [1.29, 1.82) is 0 Å². The van der Waals surface area contributed by atoms with E-state index in [0.29, 0.717) is 25.9 Å². The molecule has 176 valence electrons. The lowest BCUT2D eigenvalue weighted by Gasteiger charge is -2.37. The summed E-state index contributed by atoms with van der Waals surface area (Å²) in [6, 6.07) is 16.3. The van der Waals surface area contributed by atoms with Gasteiger partial charge in [0.15, 0.2) is 0 Å². The average Bonchev–Trinajstić information content (AvgIpc) is 3.47. The number of nitrogens with one attached hydrogen (secondary N) is 1. The van der Waals surface area contributed by atoms with Gasteiger partial charge in [0.05, 0.1) is 5.92 Å². The highest BCUT2D eigenvalue weighted by atomic mass is 16.5. The minimum atomic E-state index is -0.905. The number of carboxylic acids is 1. The highest BCUT2D eigenvalue weighted by Gasteiger charge is 2.56.